The summed E-state index contributed by atoms with van der Waals surface area (Å²) in [5, 5.41) is 2.97. The Hall–Kier alpha value is -2.61. The number of hydrogen-bond acceptors (Lipinski definition) is 2. The Kier molecular flexibility index (Phi) is 6.42. The van der Waals surface area contributed by atoms with Gasteiger partial charge in [-0.2, -0.15) is 13.2 Å². The highest BCUT2D eigenvalue weighted by Crippen LogP contribution is 2.28. The first-order valence-corrected chi connectivity index (χ1v) is 9.86. The quantitative estimate of drug-likeness (QED) is 0.793. The number of halogens is 3. The highest BCUT2D eigenvalue weighted by atomic mass is 19.4. The predicted octanol–water partition coefficient (Wildman–Crippen LogP) is 1.81. The number of H-pyrrole nitrogens is 1. The smallest absolute Gasteiger partial charge is 0.321 e. The first kappa shape index (κ1) is 21.1. The van der Waals surface area contributed by atoms with E-state index in [0.29, 0.717) is 18.9 Å². The average Bonchev–Trinajstić information content (AvgIpc) is 2.73. The van der Waals surface area contributed by atoms with Gasteiger partial charge in [-0.25, -0.2) is 4.98 Å². The van der Waals surface area contributed by atoms with Crippen LogP contribution in [0.15, 0.2) is 42.6 Å². The Morgan fingerprint density at radius 3 is 2.34 bits per heavy atom. The lowest BCUT2D eigenvalue weighted by Crippen LogP contribution is -3.19. The molecule has 3 rings (SSSR count). The maximum atomic E-state index is 12.7. The number of carbonyl (C=O) groups excluding carboxylic acids is 1. The number of rotatable bonds is 5. The monoisotopic (exact) mass is 408 g/mol. The SMILES string of the molecule is CCc1ccc(NC(=O)[C@@H](C)[NH+]2CCN(c3ccc(C(F)(F)F)c[nH+]3)CC2)cc1. The molecule has 1 amide bonds. The van der Waals surface area contributed by atoms with Gasteiger partial charge in [0.15, 0.2) is 6.04 Å². The van der Waals surface area contributed by atoms with Crippen molar-refractivity contribution in [3.63, 3.8) is 0 Å². The van der Waals surface area contributed by atoms with Gasteiger partial charge in [-0.15, -0.1) is 0 Å². The van der Waals surface area contributed by atoms with E-state index in [0.717, 1.165) is 42.4 Å². The standard InChI is InChI=1S/C21H25F3N4O/c1-3-16-4-7-18(8-5-16)26-20(29)15(2)27-10-12-28(13-11-27)19-9-6-17(14-25-19)21(22,23)24/h4-9,14-15H,3,10-13H2,1-2H3,(H,26,29)/p+2/t15-/m1/s1. The minimum absolute atomic E-state index is 0.0289. The van der Waals surface area contributed by atoms with Crippen molar-refractivity contribution in [2.75, 3.05) is 36.4 Å². The van der Waals surface area contributed by atoms with Gasteiger partial charge in [0, 0.05) is 11.8 Å². The summed E-state index contributed by atoms with van der Waals surface area (Å²) in [5.74, 6) is 0.629. The fourth-order valence-corrected chi connectivity index (χ4v) is 3.52. The van der Waals surface area contributed by atoms with E-state index < -0.39 is 11.7 Å². The van der Waals surface area contributed by atoms with Gasteiger partial charge in [0.2, 0.25) is 0 Å². The van der Waals surface area contributed by atoms with Crippen LogP contribution in [0.5, 0.6) is 0 Å². The zero-order valence-electron chi connectivity index (χ0n) is 16.6. The summed E-state index contributed by atoms with van der Waals surface area (Å²) >= 11 is 0. The number of piperazine rings is 1. The summed E-state index contributed by atoms with van der Waals surface area (Å²) in [7, 11) is 0. The van der Waals surface area contributed by atoms with Crippen LogP contribution in [0.1, 0.15) is 25.0 Å². The average molecular weight is 408 g/mol. The number of alkyl halides is 3. The van der Waals surface area contributed by atoms with Gasteiger partial charge in [-0.05, 0) is 37.1 Å². The Balaban J connectivity index is 1.53. The van der Waals surface area contributed by atoms with Gasteiger partial charge < -0.3 is 10.2 Å². The molecule has 1 aromatic heterocycles. The topological polar surface area (TPSA) is 50.9 Å². The van der Waals surface area contributed by atoms with Crippen LogP contribution < -0.4 is 20.1 Å². The number of pyridine rings is 1. The zero-order chi connectivity index (χ0) is 21.0. The van der Waals surface area contributed by atoms with Gasteiger partial charge in [0.05, 0.1) is 5.56 Å². The molecular weight excluding hydrogens is 381 g/mol. The number of aryl methyl sites for hydroxylation is 1. The Morgan fingerprint density at radius 2 is 1.83 bits per heavy atom. The Labute approximate surface area is 168 Å². The molecule has 1 saturated heterocycles. The summed E-state index contributed by atoms with van der Waals surface area (Å²) in [6.45, 7) is 6.79. The molecule has 29 heavy (non-hydrogen) atoms. The molecule has 0 unspecified atom stereocenters. The van der Waals surface area contributed by atoms with Gasteiger partial charge in [0.1, 0.15) is 32.4 Å². The molecule has 1 aliphatic rings. The number of hydrogen-bond donors (Lipinski definition) is 2. The molecule has 5 nitrogen and oxygen atoms in total. The lowest BCUT2D eigenvalue weighted by atomic mass is 10.1. The van der Waals surface area contributed by atoms with Crippen molar-refractivity contribution in [2.24, 2.45) is 0 Å². The minimum Gasteiger partial charge on any atom is -0.321 e. The van der Waals surface area contributed by atoms with E-state index >= 15 is 0 Å². The van der Waals surface area contributed by atoms with Gasteiger partial charge in [-0.1, -0.05) is 19.1 Å². The van der Waals surface area contributed by atoms with E-state index in [-0.39, 0.29) is 11.9 Å². The number of amides is 1. The third kappa shape index (κ3) is 5.26. The van der Waals surface area contributed by atoms with Crippen LogP contribution in [0, 0.1) is 0 Å². The van der Waals surface area contributed by atoms with Crippen molar-refractivity contribution in [1.29, 1.82) is 0 Å². The molecule has 0 radical (unpaired) electrons. The van der Waals surface area contributed by atoms with E-state index in [9.17, 15) is 18.0 Å². The molecule has 1 atom stereocenters. The lowest BCUT2D eigenvalue weighted by Gasteiger charge is -2.31. The summed E-state index contributed by atoms with van der Waals surface area (Å²) in [6, 6.07) is 10.2. The molecule has 1 fully saturated rings. The second-order valence-electron chi connectivity index (χ2n) is 7.37. The second-order valence-corrected chi connectivity index (χ2v) is 7.37. The van der Waals surface area contributed by atoms with Crippen LogP contribution in [0.4, 0.5) is 24.7 Å². The number of benzene rings is 1. The molecule has 1 aliphatic heterocycles. The molecule has 3 N–H and O–H groups in total. The van der Waals surface area contributed by atoms with Crippen molar-refractivity contribution in [3.05, 3.63) is 53.7 Å². The van der Waals surface area contributed by atoms with E-state index in [1.807, 2.05) is 36.1 Å². The summed E-state index contributed by atoms with van der Waals surface area (Å²) in [6.07, 6.45) is -2.40. The van der Waals surface area contributed by atoms with Crippen molar-refractivity contribution in [2.45, 2.75) is 32.5 Å². The highest BCUT2D eigenvalue weighted by Gasteiger charge is 2.34. The van der Waals surface area contributed by atoms with Crippen LogP contribution in [-0.4, -0.2) is 38.1 Å². The fraction of sp³-hybridized carbons (Fsp3) is 0.429. The van der Waals surface area contributed by atoms with E-state index in [1.165, 1.54) is 11.6 Å². The van der Waals surface area contributed by atoms with Crippen LogP contribution in [0.3, 0.4) is 0 Å². The van der Waals surface area contributed by atoms with Crippen LogP contribution >= 0.6 is 0 Å². The van der Waals surface area contributed by atoms with Crippen LogP contribution in [0.25, 0.3) is 0 Å². The Morgan fingerprint density at radius 1 is 1.17 bits per heavy atom. The predicted molar refractivity (Wildman–Crippen MR) is 105 cm³/mol. The third-order valence-corrected chi connectivity index (χ3v) is 5.51. The van der Waals surface area contributed by atoms with Gasteiger partial charge >= 0.3 is 6.18 Å². The number of anilines is 2. The van der Waals surface area contributed by atoms with E-state index in [2.05, 4.69) is 17.2 Å². The minimum atomic E-state index is -4.35. The van der Waals surface area contributed by atoms with Crippen molar-refractivity contribution < 1.29 is 27.8 Å². The lowest BCUT2D eigenvalue weighted by molar-refractivity contribution is -0.914. The fourth-order valence-electron chi connectivity index (χ4n) is 3.52. The summed E-state index contributed by atoms with van der Waals surface area (Å²) in [4.78, 5) is 18.5. The third-order valence-electron chi connectivity index (χ3n) is 5.51. The molecule has 2 aromatic rings. The normalized spacial score (nSPS) is 16.5. The maximum Gasteiger partial charge on any atom is 0.419 e. The Bertz CT molecular complexity index is 813. The highest BCUT2D eigenvalue weighted by molar-refractivity contribution is 5.93. The summed E-state index contributed by atoms with van der Waals surface area (Å²) < 4.78 is 38.1. The number of nitrogens with zero attached hydrogens (tertiary/aromatic N) is 1. The molecule has 0 saturated carbocycles. The molecule has 0 bridgehead atoms. The molecule has 0 spiro atoms. The number of aromatic nitrogens is 1. The second kappa shape index (κ2) is 8.82. The zero-order valence-corrected chi connectivity index (χ0v) is 16.6. The largest absolute Gasteiger partial charge is 0.419 e. The van der Waals surface area contributed by atoms with Gasteiger partial charge in [-0.3, -0.25) is 9.69 Å². The number of aromatic amines is 1. The first-order valence-electron chi connectivity index (χ1n) is 9.86. The van der Waals surface area contributed by atoms with E-state index in [4.69, 9.17) is 0 Å². The van der Waals surface area contributed by atoms with Crippen molar-refractivity contribution in [3.8, 4) is 0 Å². The summed E-state index contributed by atoms with van der Waals surface area (Å²) in [5.41, 5.74) is 1.32. The molecular formula is C21H27F3N4O+2. The number of nitrogens with one attached hydrogen (secondary N) is 3. The number of quaternary nitrogens is 1. The molecule has 8 heteroatoms. The molecule has 1 aromatic carbocycles. The maximum absolute atomic E-state index is 12.7. The first-order chi connectivity index (χ1) is 13.8. The van der Waals surface area contributed by atoms with Crippen LogP contribution in [0.2, 0.25) is 0 Å². The van der Waals surface area contributed by atoms with Crippen LogP contribution in [-0.2, 0) is 17.4 Å². The van der Waals surface area contributed by atoms with E-state index in [1.54, 1.807) is 0 Å². The molecule has 2 heterocycles. The van der Waals surface area contributed by atoms with Crippen molar-refractivity contribution >= 4 is 17.4 Å². The van der Waals surface area contributed by atoms with Crippen molar-refractivity contribution in [1.82, 2.24) is 0 Å². The molecule has 0 aliphatic carbocycles. The molecule has 156 valence electrons. The van der Waals surface area contributed by atoms with Gasteiger partial charge in [0.25, 0.3) is 11.7 Å². The number of carbonyl (C=O) groups is 1.